The van der Waals surface area contributed by atoms with Gasteiger partial charge in [0.2, 0.25) is 0 Å². The van der Waals surface area contributed by atoms with E-state index in [4.69, 9.17) is 10.2 Å². The highest BCUT2D eigenvalue weighted by atomic mass is 32.1. The summed E-state index contributed by atoms with van der Waals surface area (Å²) in [5.41, 5.74) is 10.1. The maximum Gasteiger partial charge on any atom is 0.257 e. The van der Waals surface area contributed by atoms with Gasteiger partial charge in [-0.1, -0.05) is 12.1 Å². The minimum atomic E-state index is 0.525. The van der Waals surface area contributed by atoms with Crippen LogP contribution in [0.2, 0.25) is 0 Å². The van der Waals surface area contributed by atoms with Gasteiger partial charge < -0.3 is 10.2 Å². The van der Waals surface area contributed by atoms with Crippen LogP contribution in [0, 0.1) is 6.92 Å². The zero-order valence-electron chi connectivity index (χ0n) is 10.8. The van der Waals surface area contributed by atoms with E-state index in [0.29, 0.717) is 17.2 Å². The van der Waals surface area contributed by atoms with Gasteiger partial charge in [-0.25, -0.2) is 9.97 Å². The quantitative estimate of drug-likeness (QED) is 0.536. The van der Waals surface area contributed by atoms with Gasteiger partial charge in [-0.3, -0.25) is 0 Å². The van der Waals surface area contributed by atoms with E-state index in [0.717, 1.165) is 20.7 Å². The Hall–Kier alpha value is -2.40. The molecule has 5 heteroatoms. The van der Waals surface area contributed by atoms with Crippen molar-refractivity contribution in [1.82, 2.24) is 9.97 Å². The SMILES string of the molecule is Cc1ccc2nc(-c3nc4cccc(N)c4o3)sc2c1. The third-order valence-corrected chi connectivity index (χ3v) is 4.18. The second kappa shape index (κ2) is 4.05. The summed E-state index contributed by atoms with van der Waals surface area (Å²) in [5, 5.41) is 0.779. The zero-order chi connectivity index (χ0) is 13.7. The molecule has 0 radical (unpaired) electrons. The highest BCUT2D eigenvalue weighted by molar-refractivity contribution is 7.21. The van der Waals surface area contributed by atoms with Crippen molar-refractivity contribution in [1.29, 1.82) is 0 Å². The molecule has 4 nitrogen and oxygen atoms in total. The molecule has 0 unspecified atom stereocenters. The Morgan fingerprint density at radius 3 is 2.85 bits per heavy atom. The predicted molar refractivity (Wildman–Crippen MR) is 81.8 cm³/mol. The largest absolute Gasteiger partial charge is 0.432 e. The molecular weight excluding hydrogens is 270 g/mol. The van der Waals surface area contributed by atoms with Crippen LogP contribution in [-0.4, -0.2) is 9.97 Å². The molecule has 4 rings (SSSR count). The highest BCUT2D eigenvalue weighted by Gasteiger charge is 2.14. The van der Waals surface area contributed by atoms with Crippen LogP contribution in [0.1, 0.15) is 5.56 Å². The number of nitrogen functional groups attached to an aromatic ring is 1. The van der Waals surface area contributed by atoms with Crippen LogP contribution >= 0.6 is 11.3 Å². The lowest BCUT2D eigenvalue weighted by atomic mass is 10.2. The summed E-state index contributed by atoms with van der Waals surface area (Å²) in [7, 11) is 0. The summed E-state index contributed by atoms with van der Waals surface area (Å²) in [6.45, 7) is 2.07. The van der Waals surface area contributed by atoms with E-state index in [1.165, 1.54) is 5.56 Å². The van der Waals surface area contributed by atoms with E-state index in [9.17, 15) is 0 Å². The van der Waals surface area contributed by atoms with Crippen LogP contribution in [0.3, 0.4) is 0 Å². The molecule has 0 bridgehead atoms. The van der Waals surface area contributed by atoms with Gasteiger partial charge in [0.05, 0.1) is 15.9 Å². The molecule has 2 N–H and O–H groups in total. The number of nitrogens with zero attached hydrogens (tertiary/aromatic N) is 2. The van der Waals surface area contributed by atoms with E-state index in [-0.39, 0.29) is 0 Å². The number of anilines is 1. The lowest BCUT2D eigenvalue weighted by molar-refractivity contribution is 0.620. The molecule has 0 atom stereocenters. The minimum Gasteiger partial charge on any atom is -0.432 e. The molecule has 2 aromatic carbocycles. The fraction of sp³-hybridized carbons (Fsp3) is 0.0667. The molecule has 20 heavy (non-hydrogen) atoms. The smallest absolute Gasteiger partial charge is 0.257 e. The number of hydrogen-bond donors (Lipinski definition) is 1. The summed E-state index contributed by atoms with van der Waals surface area (Å²) in [6.07, 6.45) is 0. The normalized spacial score (nSPS) is 11.4. The average molecular weight is 281 g/mol. The molecule has 0 aliphatic heterocycles. The van der Waals surface area contributed by atoms with E-state index >= 15 is 0 Å². The summed E-state index contributed by atoms with van der Waals surface area (Å²) in [4.78, 5) is 9.03. The lowest BCUT2D eigenvalue weighted by Crippen LogP contribution is -1.82. The number of oxazole rings is 1. The van der Waals surface area contributed by atoms with Crippen molar-refractivity contribution in [3.8, 4) is 10.9 Å². The Bertz CT molecular complexity index is 939. The summed E-state index contributed by atoms with van der Waals surface area (Å²) in [5.74, 6) is 0.525. The first kappa shape index (κ1) is 11.4. The van der Waals surface area contributed by atoms with E-state index in [1.807, 2.05) is 18.2 Å². The second-order valence-corrected chi connectivity index (χ2v) is 5.74. The Labute approximate surface area is 118 Å². The Morgan fingerprint density at radius 2 is 2.00 bits per heavy atom. The Balaban J connectivity index is 1.94. The van der Waals surface area contributed by atoms with Crippen LogP contribution in [0.4, 0.5) is 5.69 Å². The van der Waals surface area contributed by atoms with Crippen LogP contribution < -0.4 is 5.73 Å². The molecule has 0 aliphatic carbocycles. The van der Waals surface area contributed by atoms with E-state index in [2.05, 4.69) is 29.0 Å². The molecule has 0 aliphatic rings. The maximum absolute atomic E-state index is 5.89. The highest BCUT2D eigenvalue weighted by Crippen LogP contribution is 2.33. The van der Waals surface area contributed by atoms with Gasteiger partial charge in [-0.05, 0) is 36.8 Å². The second-order valence-electron chi connectivity index (χ2n) is 4.70. The molecule has 4 aromatic rings. The van der Waals surface area contributed by atoms with Crippen molar-refractivity contribution in [3.63, 3.8) is 0 Å². The molecular formula is C15H11N3OS. The first-order valence-electron chi connectivity index (χ1n) is 6.23. The topological polar surface area (TPSA) is 64.9 Å². The molecule has 0 amide bonds. The molecule has 0 saturated carbocycles. The predicted octanol–water partition coefficient (Wildman–Crippen LogP) is 4.00. The number of aromatic nitrogens is 2. The van der Waals surface area contributed by atoms with Crippen LogP contribution in [0.5, 0.6) is 0 Å². The Morgan fingerprint density at radius 1 is 1.10 bits per heavy atom. The number of rotatable bonds is 1. The van der Waals surface area contributed by atoms with Gasteiger partial charge in [0.25, 0.3) is 5.89 Å². The van der Waals surface area contributed by atoms with Crippen molar-refractivity contribution in [2.45, 2.75) is 6.92 Å². The molecule has 0 spiro atoms. The molecule has 0 fully saturated rings. The monoisotopic (exact) mass is 281 g/mol. The number of para-hydroxylation sites is 1. The number of aryl methyl sites for hydroxylation is 1. The van der Waals surface area contributed by atoms with E-state index < -0.39 is 0 Å². The molecule has 2 heterocycles. The summed E-state index contributed by atoms with van der Waals surface area (Å²) >= 11 is 1.58. The average Bonchev–Trinajstić information content (AvgIpc) is 3.01. The fourth-order valence-corrected chi connectivity index (χ4v) is 3.18. The van der Waals surface area contributed by atoms with Crippen molar-refractivity contribution in [2.75, 3.05) is 5.73 Å². The maximum atomic E-state index is 5.89. The Kier molecular flexibility index (Phi) is 2.31. The van der Waals surface area contributed by atoms with Crippen LogP contribution in [-0.2, 0) is 0 Å². The first-order chi connectivity index (χ1) is 9.70. The number of nitrogens with two attached hydrogens (primary N) is 1. The van der Waals surface area contributed by atoms with Crippen molar-refractivity contribution < 1.29 is 4.42 Å². The standard InChI is InChI=1S/C15H11N3OS/c1-8-5-6-10-12(7-8)20-15(18-10)14-17-11-4-2-3-9(16)13(11)19-14/h2-7H,16H2,1H3. The van der Waals surface area contributed by atoms with Gasteiger partial charge in [-0.15, -0.1) is 11.3 Å². The third-order valence-electron chi connectivity index (χ3n) is 3.17. The van der Waals surface area contributed by atoms with Crippen molar-refractivity contribution in [2.24, 2.45) is 0 Å². The van der Waals surface area contributed by atoms with Crippen LogP contribution in [0.25, 0.3) is 32.2 Å². The fourth-order valence-electron chi connectivity index (χ4n) is 2.19. The molecule has 0 saturated heterocycles. The lowest BCUT2D eigenvalue weighted by Gasteiger charge is -1.90. The summed E-state index contributed by atoms with van der Waals surface area (Å²) < 4.78 is 6.89. The zero-order valence-corrected chi connectivity index (χ0v) is 11.6. The van der Waals surface area contributed by atoms with Crippen molar-refractivity contribution in [3.05, 3.63) is 42.0 Å². The number of thiazole rings is 1. The third kappa shape index (κ3) is 1.67. The minimum absolute atomic E-state index is 0.525. The van der Waals surface area contributed by atoms with Gasteiger partial charge in [-0.2, -0.15) is 0 Å². The first-order valence-corrected chi connectivity index (χ1v) is 7.05. The molecule has 2 aromatic heterocycles. The van der Waals surface area contributed by atoms with Crippen LogP contribution in [0.15, 0.2) is 40.8 Å². The number of fused-ring (bicyclic) bond motifs is 2. The number of benzene rings is 2. The van der Waals surface area contributed by atoms with Gasteiger partial charge in [0, 0.05) is 0 Å². The number of hydrogen-bond acceptors (Lipinski definition) is 5. The van der Waals surface area contributed by atoms with Crippen molar-refractivity contribution >= 4 is 38.3 Å². The molecule has 98 valence electrons. The van der Waals surface area contributed by atoms with Gasteiger partial charge >= 0.3 is 0 Å². The van der Waals surface area contributed by atoms with Gasteiger partial charge in [0.1, 0.15) is 5.52 Å². The summed E-state index contributed by atoms with van der Waals surface area (Å²) in [6, 6.07) is 11.7. The van der Waals surface area contributed by atoms with E-state index in [1.54, 1.807) is 17.4 Å². The van der Waals surface area contributed by atoms with Gasteiger partial charge in [0.15, 0.2) is 10.6 Å².